The molecule has 2 aromatic heterocycles. The molecular formula is C15H20N2O2S. The van der Waals surface area contributed by atoms with Crippen molar-refractivity contribution in [2.75, 3.05) is 13.6 Å². The Kier molecular flexibility index (Phi) is 4.62. The summed E-state index contributed by atoms with van der Waals surface area (Å²) < 4.78 is 0. The Labute approximate surface area is 123 Å². The van der Waals surface area contributed by atoms with E-state index < -0.39 is 6.10 Å². The molecule has 1 atom stereocenters. The van der Waals surface area contributed by atoms with E-state index in [9.17, 15) is 9.90 Å². The molecule has 0 saturated heterocycles. The van der Waals surface area contributed by atoms with Crippen LogP contribution in [0.15, 0.2) is 24.5 Å². The number of aromatic amines is 1. The molecule has 0 fully saturated rings. The molecule has 0 aliphatic rings. The predicted molar refractivity (Wildman–Crippen MR) is 82.1 cm³/mol. The Balaban J connectivity index is 2.17. The van der Waals surface area contributed by atoms with E-state index in [2.05, 4.69) is 18.0 Å². The fourth-order valence-corrected chi connectivity index (χ4v) is 2.91. The van der Waals surface area contributed by atoms with Crippen molar-refractivity contribution in [1.29, 1.82) is 0 Å². The molecule has 0 saturated carbocycles. The van der Waals surface area contributed by atoms with Gasteiger partial charge in [0.2, 0.25) is 0 Å². The van der Waals surface area contributed by atoms with E-state index >= 15 is 0 Å². The van der Waals surface area contributed by atoms with Gasteiger partial charge in [0, 0.05) is 41.3 Å². The van der Waals surface area contributed by atoms with Gasteiger partial charge in [-0.1, -0.05) is 0 Å². The van der Waals surface area contributed by atoms with Crippen LogP contribution in [0.4, 0.5) is 0 Å². The number of carbonyl (C=O) groups excluding carboxylic acids is 1. The first-order valence-corrected chi connectivity index (χ1v) is 7.48. The van der Waals surface area contributed by atoms with Gasteiger partial charge in [-0.3, -0.25) is 4.79 Å². The lowest BCUT2D eigenvalue weighted by molar-refractivity contribution is 0.0770. The normalized spacial score (nSPS) is 12.4. The third-order valence-electron chi connectivity index (χ3n) is 3.21. The van der Waals surface area contributed by atoms with E-state index in [-0.39, 0.29) is 5.91 Å². The minimum Gasteiger partial charge on any atom is -0.393 e. The number of aliphatic hydroxyl groups is 1. The van der Waals surface area contributed by atoms with Crippen LogP contribution in [0.2, 0.25) is 0 Å². The average molecular weight is 292 g/mol. The molecule has 1 unspecified atom stereocenters. The molecule has 2 N–H and O–H groups in total. The zero-order valence-electron chi connectivity index (χ0n) is 12.0. The summed E-state index contributed by atoms with van der Waals surface area (Å²) in [5.74, 6) is -0.0204. The van der Waals surface area contributed by atoms with Crippen LogP contribution >= 0.6 is 11.3 Å². The number of aromatic nitrogens is 1. The number of hydrogen-bond acceptors (Lipinski definition) is 3. The topological polar surface area (TPSA) is 56.3 Å². The highest BCUT2D eigenvalue weighted by atomic mass is 32.1. The number of amides is 1. The number of thiophene rings is 1. The Hall–Kier alpha value is -1.59. The highest BCUT2D eigenvalue weighted by Crippen LogP contribution is 2.30. The predicted octanol–water partition coefficient (Wildman–Crippen LogP) is 2.89. The van der Waals surface area contributed by atoms with Crippen molar-refractivity contribution in [3.05, 3.63) is 35.0 Å². The van der Waals surface area contributed by atoms with Crippen molar-refractivity contribution in [2.24, 2.45) is 0 Å². The number of nitrogens with zero attached hydrogens (tertiary/aromatic N) is 1. The van der Waals surface area contributed by atoms with Gasteiger partial charge in [0.1, 0.15) is 0 Å². The first-order valence-electron chi connectivity index (χ1n) is 6.66. The molecule has 1 amide bonds. The van der Waals surface area contributed by atoms with Crippen LogP contribution in [0.25, 0.3) is 10.4 Å². The summed E-state index contributed by atoms with van der Waals surface area (Å²) in [6.07, 6.45) is 3.79. The first kappa shape index (κ1) is 14.8. The van der Waals surface area contributed by atoms with Gasteiger partial charge in [0.05, 0.1) is 11.7 Å². The van der Waals surface area contributed by atoms with E-state index in [0.29, 0.717) is 18.5 Å². The SMILES string of the molecule is Cc1ccc(-c2c[nH]cc2C(=O)N(C)CCC(C)O)s1. The number of carbonyl (C=O) groups is 1. The summed E-state index contributed by atoms with van der Waals surface area (Å²) in [7, 11) is 1.77. The van der Waals surface area contributed by atoms with Crippen molar-refractivity contribution in [2.45, 2.75) is 26.4 Å². The first-order chi connectivity index (χ1) is 9.49. The van der Waals surface area contributed by atoms with Crippen LogP contribution < -0.4 is 0 Å². The molecule has 0 bridgehead atoms. The molecule has 4 nitrogen and oxygen atoms in total. The number of aryl methyl sites for hydroxylation is 1. The number of aliphatic hydroxyl groups excluding tert-OH is 1. The van der Waals surface area contributed by atoms with Gasteiger partial charge in [-0.2, -0.15) is 0 Å². The summed E-state index contributed by atoms with van der Waals surface area (Å²) in [6.45, 7) is 4.33. The third-order valence-corrected chi connectivity index (χ3v) is 4.24. The molecule has 2 aromatic rings. The largest absolute Gasteiger partial charge is 0.393 e. The van der Waals surface area contributed by atoms with Gasteiger partial charge in [-0.15, -0.1) is 11.3 Å². The van der Waals surface area contributed by atoms with Crippen molar-refractivity contribution >= 4 is 17.2 Å². The van der Waals surface area contributed by atoms with Crippen LogP contribution in [0, 0.1) is 6.92 Å². The van der Waals surface area contributed by atoms with Gasteiger partial charge >= 0.3 is 0 Å². The van der Waals surface area contributed by atoms with E-state index in [0.717, 1.165) is 10.4 Å². The second kappa shape index (κ2) is 6.24. The van der Waals surface area contributed by atoms with Gasteiger partial charge in [0.15, 0.2) is 0 Å². The lowest BCUT2D eigenvalue weighted by Gasteiger charge is -2.18. The van der Waals surface area contributed by atoms with E-state index in [1.54, 1.807) is 36.4 Å². The van der Waals surface area contributed by atoms with Crippen molar-refractivity contribution in [3.8, 4) is 10.4 Å². The maximum atomic E-state index is 12.4. The summed E-state index contributed by atoms with van der Waals surface area (Å²) in [4.78, 5) is 19.4. The van der Waals surface area contributed by atoms with Gasteiger partial charge < -0.3 is 15.0 Å². The molecule has 2 heterocycles. The van der Waals surface area contributed by atoms with Crippen LogP contribution in [-0.4, -0.2) is 40.6 Å². The highest BCUT2D eigenvalue weighted by molar-refractivity contribution is 7.15. The Bertz CT molecular complexity index is 586. The molecule has 0 radical (unpaired) electrons. The van der Waals surface area contributed by atoms with Gasteiger partial charge in [0.25, 0.3) is 5.91 Å². The molecule has 0 aromatic carbocycles. The smallest absolute Gasteiger partial charge is 0.255 e. The van der Waals surface area contributed by atoms with Crippen LogP contribution in [0.5, 0.6) is 0 Å². The van der Waals surface area contributed by atoms with Gasteiger partial charge in [-0.05, 0) is 32.4 Å². The fraction of sp³-hybridized carbons (Fsp3) is 0.400. The molecular weight excluding hydrogens is 272 g/mol. The molecule has 0 aliphatic heterocycles. The minimum atomic E-state index is -0.393. The molecule has 5 heteroatoms. The molecule has 108 valence electrons. The summed E-state index contributed by atoms with van der Waals surface area (Å²) in [5.41, 5.74) is 1.62. The quantitative estimate of drug-likeness (QED) is 0.890. The van der Waals surface area contributed by atoms with Crippen molar-refractivity contribution in [1.82, 2.24) is 9.88 Å². The monoisotopic (exact) mass is 292 g/mol. The van der Waals surface area contributed by atoms with Crippen LogP contribution in [-0.2, 0) is 0 Å². The lowest BCUT2D eigenvalue weighted by atomic mass is 10.1. The van der Waals surface area contributed by atoms with Crippen molar-refractivity contribution < 1.29 is 9.90 Å². The van der Waals surface area contributed by atoms with Gasteiger partial charge in [-0.25, -0.2) is 0 Å². The van der Waals surface area contributed by atoms with Crippen LogP contribution in [0.3, 0.4) is 0 Å². The van der Waals surface area contributed by atoms with E-state index in [1.165, 1.54) is 4.88 Å². The van der Waals surface area contributed by atoms with Crippen molar-refractivity contribution in [3.63, 3.8) is 0 Å². The summed E-state index contributed by atoms with van der Waals surface area (Å²) in [5, 5.41) is 9.31. The molecule has 0 spiro atoms. The van der Waals surface area contributed by atoms with E-state index in [4.69, 9.17) is 0 Å². The molecule has 0 aliphatic carbocycles. The fourth-order valence-electron chi connectivity index (χ4n) is 2.01. The average Bonchev–Trinajstić information content (AvgIpc) is 3.02. The van der Waals surface area contributed by atoms with Crippen LogP contribution in [0.1, 0.15) is 28.6 Å². The summed E-state index contributed by atoms with van der Waals surface area (Å²) >= 11 is 1.68. The molecule has 2 rings (SSSR count). The minimum absolute atomic E-state index is 0.0204. The molecule has 20 heavy (non-hydrogen) atoms. The Morgan fingerprint density at radius 2 is 2.20 bits per heavy atom. The Morgan fingerprint density at radius 3 is 2.80 bits per heavy atom. The third kappa shape index (κ3) is 3.29. The maximum Gasteiger partial charge on any atom is 0.255 e. The standard InChI is InChI=1S/C15H20N2O2S/c1-10(18)6-7-17(3)15(19)13-9-16-8-12(13)14-5-4-11(2)20-14/h4-5,8-10,16,18H,6-7H2,1-3H3. The zero-order chi connectivity index (χ0) is 14.7. The second-order valence-electron chi connectivity index (χ2n) is 5.06. The lowest BCUT2D eigenvalue weighted by Crippen LogP contribution is -2.29. The number of hydrogen-bond donors (Lipinski definition) is 2. The number of nitrogens with one attached hydrogen (secondary N) is 1. The second-order valence-corrected chi connectivity index (χ2v) is 6.35. The Morgan fingerprint density at radius 1 is 1.45 bits per heavy atom. The summed E-state index contributed by atoms with van der Waals surface area (Å²) in [6, 6.07) is 4.09. The maximum absolute atomic E-state index is 12.4. The van der Waals surface area contributed by atoms with E-state index in [1.807, 2.05) is 12.3 Å². The number of rotatable bonds is 5. The zero-order valence-corrected chi connectivity index (χ0v) is 12.8. The highest BCUT2D eigenvalue weighted by Gasteiger charge is 2.18. The number of H-pyrrole nitrogens is 1.